The van der Waals surface area contributed by atoms with Crippen molar-refractivity contribution in [2.24, 2.45) is 0 Å². The van der Waals surface area contributed by atoms with E-state index in [9.17, 15) is 18.0 Å². The van der Waals surface area contributed by atoms with Crippen LogP contribution in [0.4, 0.5) is 21.9 Å². The minimum atomic E-state index is -3.60. The maximum atomic E-state index is 13.6. The normalized spacial score (nSPS) is 14.3. The molecule has 2 aromatic carbocycles. The van der Waals surface area contributed by atoms with Crippen molar-refractivity contribution < 1.29 is 22.7 Å². The van der Waals surface area contributed by atoms with Crippen molar-refractivity contribution in [3.8, 4) is 0 Å². The summed E-state index contributed by atoms with van der Waals surface area (Å²) in [6.07, 6.45) is 7.75. The number of carbonyl (C=O) groups is 2. The van der Waals surface area contributed by atoms with Gasteiger partial charge in [-0.3, -0.25) is 9.10 Å². The first-order chi connectivity index (χ1) is 20.3. The van der Waals surface area contributed by atoms with Gasteiger partial charge in [0, 0.05) is 49.5 Å². The Morgan fingerprint density at radius 2 is 1.67 bits per heavy atom. The van der Waals surface area contributed by atoms with E-state index in [0.29, 0.717) is 37.6 Å². The van der Waals surface area contributed by atoms with Crippen molar-refractivity contribution in [2.45, 2.75) is 76.7 Å². The van der Waals surface area contributed by atoms with Crippen LogP contribution in [0.25, 0.3) is 0 Å². The third-order valence-electron chi connectivity index (χ3n) is 7.20. The molecule has 2 amide bonds. The summed E-state index contributed by atoms with van der Waals surface area (Å²) in [4.78, 5) is 31.2. The highest BCUT2D eigenvalue weighted by Crippen LogP contribution is 2.30. The largest absolute Gasteiger partial charge is 0.444 e. The summed E-state index contributed by atoms with van der Waals surface area (Å²) >= 11 is 1.81. The Hall–Kier alpha value is -2.92. The lowest BCUT2D eigenvalue weighted by Gasteiger charge is -2.27. The molecule has 1 aliphatic heterocycles. The van der Waals surface area contributed by atoms with Crippen LogP contribution in [0.5, 0.6) is 0 Å². The Bertz CT molecular complexity index is 1330. The summed E-state index contributed by atoms with van der Waals surface area (Å²) in [5.41, 5.74) is 1.40. The van der Waals surface area contributed by atoms with Crippen LogP contribution in [-0.4, -0.2) is 76.2 Å². The Labute approximate surface area is 262 Å². The Balaban J connectivity index is 1.74. The molecule has 0 atom stereocenters. The number of amides is 2. The van der Waals surface area contributed by atoms with Gasteiger partial charge in [-0.2, -0.15) is 0 Å². The Morgan fingerprint density at radius 3 is 2.33 bits per heavy atom. The van der Waals surface area contributed by atoms with Crippen molar-refractivity contribution in [2.75, 3.05) is 59.8 Å². The summed E-state index contributed by atoms with van der Waals surface area (Å²) < 4.78 is 31.5. The SMILES string of the molecule is CCCCCCCSc1ccc(NC(=O)c2cc(N3CCCN(C(=O)OC(C)(C)C)CC3)ccc2N(C)S(C)(=O)=O)cc1. The van der Waals surface area contributed by atoms with Gasteiger partial charge in [-0.05, 0) is 81.8 Å². The quantitative estimate of drug-likeness (QED) is 0.202. The highest BCUT2D eigenvalue weighted by Gasteiger charge is 2.26. The van der Waals surface area contributed by atoms with Gasteiger partial charge in [-0.1, -0.05) is 32.6 Å². The van der Waals surface area contributed by atoms with Crippen LogP contribution in [-0.2, 0) is 14.8 Å². The third kappa shape index (κ3) is 10.9. The highest BCUT2D eigenvalue weighted by atomic mass is 32.2. The molecule has 0 saturated carbocycles. The van der Waals surface area contributed by atoms with E-state index in [1.165, 1.54) is 39.2 Å². The molecule has 3 rings (SSSR count). The second-order valence-electron chi connectivity index (χ2n) is 12.0. The molecule has 1 saturated heterocycles. The lowest BCUT2D eigenvalue weighted by Crippen LogP contribution is -2.39. The summed E-state index contributed by atoms with van der Waals surface area (Å²) in [7, 11) is -2.16. The number of nitrogens with zero attached hydrogens (tertiary/aromatic N) is 3. The fourth-order valence-electron chi connectivity index (χ4n) is 4.77. The number of nitrogens with one attached hydrogen (secondary N) is 1. The second-order valence-corrected chi connectivity index (χ2v) is 15.2. The van der Waals surface area contributed by atoms with Crippen molar-refractivity contribution in [3.63, 3.8) is 0 Å². The van der Waals surface area contributed by atoms with Gasteiger partial charge in [0.25, 0.3) is 5.91 Å². The number of rotatable bonds is 12. The molecule has 11 heteroatoms. The van der Waals surface area contributed by atoms with E-state index in [-0.39, 0.29) is 11.7 Å². The first-order valence-corrected chi connectivity index (χ1v) is 18.0. The van der Waals surface area contributed by atoms with E-state index in [4.69, 9.17) is 4.74 Å². The minimum absolute atomic E-state index is 0.254. The third-order valence-corrected chi connectivity index (χ3v) is 9.49. The van der Waals surface area contributed by atoms with E-state index in [2.05, 4.69) is 17.1 Å². The molecule has 0 radical (unpaired) electrons. The van der Waals surface area contributed by atoms with E-state index in [0.717, 1.165) is 33.3 Å². The van der Waals surface area contributed by atoms with Gasteiger partial charge in [0.05, 0.1) is 17.5 Å². The number of thioether (sulfide) groups is 1. The van der Waals surface area contributed by atoms with Gasteiger partial charge in [-0.25, -0.2) is 13.2 Å². The molecule has 0 aromatic heterocycles. The van der Waals surface area contributed by atoms with Crippen LogP contribution in [0.15, 0.2) is 47.4 Å². The topological polar surface area (TPSA) is 99.3 Å². The molecule has 238 valence electrons. The zero-order valence-corrected chi connectivity index (χ0v) is 28.2. The molecule has 2 aromatic rings. The Morgan fingerprint density at radius 1 is 0.977 bits per heavy atom. The van der Waals surface area contributed by atoms with Crippen molar-refractivity contribution in [1.82, 2.24) is 4.90 Å². The Kier molecular flexibility index (Phi) is 12.6. The molecular weight excluding hydrogens is 585 g/mol. The lowest BCUT2D eigenvalue weighted by molar-refractivity contribution is 0.0263. The fourth-order valence-corrected chi connectivity index (χ4v) is 6.20. The van der Waals surface area contributed by atoms with Gasteiger partial charge in [0.2, 0.25) is 10.0 Å². The smallest absolute Gasteiger partial charge is 0.410 e. The van der Waals surface area contributed by atoms with Crippen LogP contribution in [0, 0.1) is 0 Å². The zero-order chi connectivity index (χ0) is 31.6. The van der Waals surface area contributed by atoms with Gasteiger partial charge in [0.1, 0.15) is 5.60 Å². The maximum absolute atomic E-state index is 13.6. The first kappa shape index (κ1) is 34.6. The molecule has 0 aliphatic carbocycles. The molecule has 1 fully saturated rings. The average molecular weight is 633 g/mol. The van der Waals surface area contributed by atoms with E-state index in [1.807, 2.05) is 62.9 Å². The molecular formula is C32H48N4O5S2. The zero-order valence-electron chi connectivity index (χ0n) is 26.5. The number of hydrogen-bond acceptors (Lipinski definition) is 7. The van der Waals surface area contributed by atoms with Crippen LogP contribution < -0.4 is 14.5 Å². The van der Waals surface area contributed by atoms with E-state index in [1.54, 1.807) is 17.0 Å². The van der Waals surface area contributed by atoms with Crippen LogP contribution in [0.1, 0.15) is 76.6 Å². The molecule has 43 heavy (non-hydrogen) atoms. The number of anilines is 3. The van der Waals surface area contributed by atoms with Gasteiger partial charge < -0.3 is 19.9 Å². The lowest BCUT2D eigenvalue weighted by atomic mass is 10.1. The maximum Gasteiger partial charge on any atom is 0.410 e. The molecule has 0 unspecified atom stereocenters. The van der Waals surface area contributed by atoms with Gasteiger partial charge in [0.15, 0.2) is 0 Å². The molecule has 1 N–H and O–H groups in total. The van der Waals surface area contributed by atoms with Crippen LogP contribution >= 0.6 is 11.8 Å². The van der Waals surface area contributed by atoms with Crippen molar-refractivity contribution in [3.05, 3.63) is 48.0 Å². The number of benzene rings is 2. The second kappa shape index (κ2) is 15.7. The van der Waals surface area contributed by atoms with Gasteiger partial charge >= 0.3 is 6.09 Å². The predicted molar refractivity (Wildman–Crippen MR) is 178 cm³/mol. The molecule has 1 heterocycles. The molecule has 9 nitrogen and oxygen atoms in total. The minimum Gasteiger partial charge on any atom is -0.444 e. The summed E-state index contributed by atoms with van der Waals surface area (Å²) in [6.45, 7) is 10.0. The van der Waals surface area contributed by atoms with Crippen LogP contribution in [0.2, 0.25) is 0 Å². The van der Waals surface area contributed by atoms with E-state index >= 15 is 0 Å². The van der Waals surface area contributed by atoms with Crippen molar-refractivity contribution >= 4 is 50.8 Å². The predicted octanol–water partition coefficient (Wildman–Crippen LogP) is 6.84. The fraction of sp³-hybridized carbons (Fsp3) is 0.562. The number of sulfonamides is 1. The van der Waals surface area contributed by atoms with E-state index < -0.39 is 21.5 Å². The molecule has 0 spiro atoms. The first-order valence-electron chi connectivity index (χ1n) is 15.1. The standard InChI is InChI=1S/C32H48N4O5S2/c1-7-8-9-10-11-23-42-27-16-13-25(14-17-27)33-30(37)28-24-26(15-18-29(28)34(5)43(6,39)40)35-19-12-20-36(22-21-35)31(38)41-32(2,3)4/h13-18,24H,7-12,19-23H2,1-6H3,(H,33,37). The highest BCUT2D eigenvalue weighted by molar-refractivity contribution is 7.99. The summed E-state index contributed by atoms with van der Waals surface area (Å²) in [5.74, 6) is 0.670. The number of ether oxygens (including phenoxy) is 1. The number of hydrogen-bond donors (Lipinski definition) is 1. The van der Waals surface area contributed by atoms with Gasteiger partial charge in [-0.15, -0.1) is 11.8 Å². The summed E-state index contributed by atoms with van der Waals surface area (Å²) in [5, 5.41) is 2.95. The molecule has 1 aliphatic rings. The average Bonchev–Trinajstić information content (AvgIpc) is 3.20. The summed E-state index contributed by atoms with van der Waals surface area (Å²) in [6, 6.07) is 13.0. The monoisotopic (exact) mass is 632 g/mol. The van der Waals surface area contributed by atoms with Crippen molar-refractivity contribution in [1.29, 1.82) is 0 Å². The van der Waals surface area contributed by atoms with Crippen LogP contribution in [0.3, 0.4) is 0 Å². The number of carbonyl (C=O) groups excluding carboxylic acids is 2. The number of unbranched alkanes of at least 4 members (excludes halogenated alkanes) is 4. The molecule has 0 bridgehead atoms.